The second-order valence-corrected chi connectivity index (χ2v) is 17.3. The minimum Gasteiger partial charge on any atom is -0.380 e. The maximum Gasteiger partial charge on any atom is 0.267 e. The predicted molar refractivity (Wildman–Crippen MR) is 224 cm³/mol. The number of anilines is 2. The van der Waals surface area contributed by atoms with Gasteiger partial charge in [-0.25, -0.2) is 21.9 Å². The maximum atomic E-state index is 15.4. The van der Waals surface area contributed by atoms with Crippen LogP contribution in [0.25, 0.3) is 11.1 Å². The molecule has 2 N–H and O–H groups in total. The molecule has 1 aliphatic heterocycles. The van der Waals surface area contributed by atoms with Crippen LogP contribution in [0.1, 0.15) is 28.8 Å². The van der Waals surface area contributed by atoms with E-state index in [0.717, 1.165) is 67.2 Å². The van der Waals surface area contributed by atoms with Crippen LogP contribution in [-0.2, 0) is 16.6 Å². The van der Waals surface area contributed by atoms with Crippen LogP contribution >= 0.6 is 23.4 Å². The molecule has 6 rings (SSSR count). The van der Waals surface area contributed by atoms with Crippen molar-refractivity contribution in [2.24, 2.45) is 0 Å². The number of thioether (sulfide) groups is 1. The zero-order valence-electron chi connectivity index (χ0n) is 31.4. The third kappa shape index (κ3) is 11.1. The molecule has 0 aliphatic carbocycles. The topological polar surface area (TPSA) is 85.0 Å². The van der Waals surface area contributed by atoms with Crippen molar-refractivity contribution in [1.29, 1.82) is 0 Å². The largest absolute Gasteiger partial charge is 0.380 e. The number of carbonyl (C=O) groups excluding carboxylic acids is 1. The van der Waals surface area contributed by atoms with Gasteiger partial charge >= 0.3 is 0 Å². The molecular formula is C43H46ClF2N5O3S2. The van der Waals surface area contributed by atoms with Gasteiger partial charge in [-0.3, -0.25) is 9.69 Å². The Hall–Kier alpha value is -4.46. The zero-order valence-corrected chi connectivity index (χ0v) is 33.8. The molecule has 0 spiro atoms. The van der Waals surface area contributed by atoms with Gasteiger partial charge in [0.2, 0.25) is 0 Å². The first-order chi connectivity index (χ1) is 26.9. The fraction of sp³-hybridized carbons (Fsp3) is 0.279. The lowest BCUT2D eigenvalue weighted by atomic mass is 9.99. The zero-order chi connectivity index (χ0) is 39.7. The molecule has 1 heterocycles. The van der Waals surface area contributed by atoms with Gasteiger partial charge in [0, 0.05) is 66.0 Å². The minimum atomic E-state index is -4.73. The van der Waals surface area contributed by atoms with Crippen LogP contribution in [0, 0.1) is 11.6 Å². The summed E-state index contributed by atoms with van der Waals surface area (Å²) < 4.78 is 59.0. The van der Waals surface area contributed by atoms with Crippen LogP contribution in [0.4, 0.5) is 20.2 Å². The first kappa shape index (κ1) is 41.2. The molecule has 0 aromatic heterocycles. The number of nitrogens with zero attached hydrogens (tertiary/aromatic N) is 3. The molecule has 0 radical (unpaired) electrons. The molecule has 1 atom stereocenters. The molecule has 5 aromatic rings. The average Bonchev–Trinajstić information content (AvgIpc) is 3.19. The lowest BCUT2D eigenvalue weighted by Gasteiger charge is -2.36. The van der Waals surface area contributed by atoms with E-state index in [9.17, 15) is 13.2 Å². The third-order valence-corrected chi connectivity index (χ3v) is 12.4. The summed E-state index contributed by atoms with van der Waals surface area (Å²) >= 11 is 7.78. The number of hydrogen-bond acceptors (Lipinski definition) is 8. The molecule has 56 heavy (non-hydrogen) atoms. The number of sulfonamides is 1. The number of benzene rings is 5. The molecule has 1 amide bonds. The molecule has 5 aromatic carbocycles. The van der Waals surface area contributed by atoms with E-state index in [4.69, 9.17) is 11.6 Å². The van der Waals surface area contributed by atoms with Crippen molar-refractivity contribution >= 4 is 50.7 Å². The quantitative estimate of drug-likeness (QED) is 0.0959. The molecule has 0 unspecified atom stereocenters. The van der Waals surface area contributed by atoms with Crippen molar-refractivity contribution in [3.05, 3.63) is 143 Å². The Kier molecular flexibility index (Phi) is 14.1. The van der Waals surface area contributed by atoms with E-state index >= 15 is 8.78 Å². The number of hydrogen-bond donors (Lipinski definition) is 2. The van der Waals surface area contributed by atoms with Crippen LogP contribution in [0.15, 0.2) is 125 Å². The van der Waals surface area contributed by atoms with Gasteiger partial charge in [-0.1, -0.05) is 66.2 Å². The second-order valence-electron chi connectivity index (χ2n) is 14.1. The number of piperazine rings is 1. The van der Waals surface area contributed by atoms with E-state index < -0.39 is 32.5 Å². The molecule has 13 heteroatoms. The van der Waals surface area contributed by atoms with E-state index in [1.807, 2.05) is 84.4 Å². The van der Waals surface area contributed by atoms with Gasteiger partial charge in [0.05, 0.1) is 5.69 Å². The Morgan fingerprint density at radius 3 is 2.21 bits per heavy atom. The number of rotatable bonds is 16. The fourth-order valence-corrected chi connectivity index (χ4v) is 8.80. The highest BCUT2D eigenvalue weighted by atomic mass is 35.5. The molecule has 0 saturated carbocycles. The third-order valence-electron chi connectivity index (χ3n) is 9.73. The van der Waals surface area contributed by atoms with Gasteiger partial charge in [0.1, 0.15) is 16.5 Å². The molecule has 1 aliphatic rings. The van der Waals surface area contributed by atoms with Crippen molar-refractivity contribution in [2.45, 2.75) is 35.2 Å². The van der Waals surface area contributed by atoms with E-state index in [-0.39, 0.29) is 17.3 Å². The fourth-order valence-electron chi connectivity index (χ4n) is 6.64. The first-order valence-corrected chi connectivity index (χ1v) is 21.4. The Bertz CT molecular complexity index is 2190. The summed E-state index contributed by atoms with van der Waals surface area (Å²) in [4.78, 5) is 19.9. The van der Waals surface area contributed by atoms with Gasteiger partial charge in [-0.15, -0.1) is 11.8 Å². The lowest BCUT2D eigenvalue weighted by Crippen LogP contribution is -2.46. The van der Waals surface area contributed by atoms with Crippen molar-refractivity contribution in [3.63, 3.8) is 0 Å². The molecular weight excluding hydrogens is 772 g/mol. The first-order valence-electron chi connectivity index (χ1n) is 18.5. The average molecular weight is 818 g/mol. The SMILES string of the molecule is CN(C)CC[C@H](CCSc1ccccc1)Nc1cc(F)c(S(=O)(=O)NC(=O)c2ccc(N3CCN(Cc4ccccc4-c4ccc(Cl)cc4)CC3)cc2)cc1F. The Labute approximate surface area is 337 Å². The maximum absolute atomic E-state index is 15.4. The van der Waals surface area contributed by atoms with Gasteiger partial charge in [0.25, 0.3) is 15.9 Å². The Morgan fingerprint density at radius 2 is 1.52 bits per heavy atom. The van der Waals surface area contributed by atoms with Crippen molar-refractivity contribution in [3.8, 4) is 11.1 Å². The van der Waals surface area contributed by atoms with Crippen LogP contribution < -0.4 is 14.9 Å². The molecule has 8 nitrogen and oxygen atoms in total. The van der Waals surface area contributed by atoms with E-state index in [0.29, 0.717) is 23.9 Å². The monoisotopic (exact) mass is 817 g/mol. The Morgan fingerprint density at radius 1 is 0.839 bits per heavy atom. The smallest absolute Gasteiger partial charge is 0.267 e. The summed E-state index contributed by atoms with van der Waals surface area (Å²) in [6.45, 7) is 4.71. The number of halogens is 3. The highest BCUT2D eigenvalue weighted by Crippen LogP contribution is 2.29. The highest BCUT2D eigenvalue weighted by molar-refractivity contribution is 7.99. The van der Waals surface area contributed by atoms with Crippen LogP contribution in [0.3, 0.4) is 0 Å². The van der Waals surface area contributed by atoms with E-state index in [1.54, 1.807) is 23.9 Å². The highest BCUT2D eigenvalue weighted by Gasteiger charge is 2.26. The summed E-state index contributed by atoms with van der Waals surface area (Å²) in [6.07, 6.45) is 1.33. The van der Waals surface area contributed by atoms with Gasteiger partial charge in [-0.05, 0) is 111 Å². The number of nitrogens with one attached hydrogen (secondary N) is 2. The molecule has 294 valence electrons. The molecule has 1 saturated heterocycles. The second kappa shape index (κ2) is 19.1. The van der Waals surface area contributed by atoms with Crippen molar-refractivity contribution in [1.82, 2.24) is 14.5 Å². The standard InChI is InChI=1S/C43H46ClF2N5O3S2/c1-49(2)22-20-35(21-27-55-37-9-4-3-5-10-37)47-41-28-40(46)42(29-39(41)45)56(53,54)48-43(52)32-14-18-36(19-15-32)51-25-23-50(24-26-51)30-33-8-6-7-11-38(33)31-12-16-34(44)17-13-31/h3-19,28-29,35,47H,20-27,30H2,1-2H3,(H,48,52)/t35-/m1/s1. The summed E-state index contributed by atoms with van der Waals surface area (Å²) in [5.74, 6) is -2.29. The number of carbonyl (C=O) groups is 1. The minimum absolute atomic E-state index is 0.0750. The van der Waals surface area contributed by atoms with Crippen molar-refractivity contribution in [2.75, 3.05) is 62.8 Å². The normalized spacial score (nSPS) is 14.1. The number of amides is 1. The lowest BCUT2D eigenvalue weighted by molar-refractivity contribution is 0.0981. The van der Waals surface area contributed by atoms with E-state index in [2.05, 4.69) is 33.3 Å². The van der Waals surface area contributed by atoms with Crippen LogP contribution in [0.5, 0.6) is 0 Å². The van der Waals surface area contributed by atoms with E-state index in [1.165, 1.54) is 23.3 Å². The van der Waals surface area contributed by atoms with Gasteiger partial charge in [0.15, 0.2) is 0 Å². The molecule has 1 fully saturated rings. The summed E-state index contributed by atoms with van der Waals surface area (Å²) in [5.41, 5.74) is 4.36. The predicted octanol–water partition coefficient (Wildman–Crippen LogP) is 8.64. The van der Waals surface area contributed by atoms with Crippen molar-refractivity contribution < 1.29 is 22.0 Å². The van der Waals surface area contributed by atoms with Gasteiger partial charge in [-0.2, -0.15) is 0 Å². The summed E-state index contributed by atoms with van der Waals surface area (Å²) in [7, 11) is -0.858. The molecule has 0 bridgehead atoms. The van der Waals surface area contributed by atoms with Crippen LogP contribution in [-0.4, -0.2) is 82.7 Å². The Balaban J connectivity index is 1.04. The summed E-state index contributed by atoms with van der Waals surface area (Å²) in [5, 5.41) is 3.78. The summed E-state index contributed by atoms with van der Waals surface area (Å²) in [6, 6.07) is 34.0. The van der Waals surface area contributed by atoms with Gasteiger partial charge < -0.3 is 15.1 Å². The van der Waals surface area contributed by atoms with Crippen LogP contribution in [0.2, 0.25) is 5.02 Å².